The van der Waals surface area contributed by atoms with Crippen LogP contribution in [0.3, 0.4) is 0 Å². The molecule has 64 heavy (non-hydrogen) atoms. The number of carbonyl (C=O) groups is 10. The largest absolute Gasteiger partial charge is 0.490 e. The monoisotopic (exact) mass is 943 g/mol. The number of aliphatic carboxylic acids is 3. The van der Waals surface area contributed by atoms with Crippen LogP contribution in [0.2, 0.25) is 0 Å². The molecule has 2 aliphatic rings. The summed E-state index contributed by atoms with van der Waals surface area (Å²) in [7, 11) is 0. The number of aliphatic hydroxyl groups excluding tert-OH is 1. The molecule has 6 atom stereocenters. The Hall–Kier alpha value is -6.13. The number of aliphatic imine (C=N–C) groups is 1. The summed E-state index contributed by atoms with van der Waals surface area (Å²) in [6.45, 7) is -1.67. The Labute approximate surface area is 368 Å². The molecule has 25 nitrogen and oxygen atoms in total. The molecule has 29 heteroatoms. The maximum absolute atomic E-state index is 12.9. The second-order valence-electron chi connectivity index (χ2n) is 14.2. The molecule has 0 radical (unpaired) electrons. The molecule has 0 saturated carbocycles. The van der Waals surface area contributed by atoms with E-state index < -0.39 is 97.9 Å². The first-order valence-electron chi connectivity index (χ1n) is 19.8. The Morgan fingerprint density at radius 1 is 0.750 bits per heavy atom. The summed E-state index contributed by atoms with van der Waals surface area (Å²) in [4.78, 5) is 122. The third kappa shape index (κ3) is 23.9. The van der Waals surface area contributed by atoms with E-state index in [2.05, 4.69) is 42.2 Å². The number of halogens is 3. The van der Waals surface area contributed by atoms with Crippen molar-refractivity contribution < 1.29 is 81.5 Å². The molecule has 0 bridgehead atoms. The van der Waals surface area contributed by atoms with Crippen molar-refractivity contribution in [1.29, 1.82) is 0 Å². The van der Waals surface area contributed by atoms with Crippen LogP contribution < -0.4 is 54.0 Å². The van der Waals surface area contributed by atoms with Crippen LogP contribution in [-0.4, -0.2) is 166 Å². The van der Waals surface area contributed by atoms with Gasteiger partial charge in [0.2, 0.25) is 35.4 Å². The number of nitrogens with zero attached hydrogens (tertiary/aromatic N) is 1. The predicted octanol–water partition coefficient (Wildman–Crippen LogP) is -3.69. The molecule has 362 valence electrons. The van der Waals surface area contributed by atoms with Crippen molar-refractivity contribution in [3.8, 4) is 0 Å². The van der Waals surface area contributed by atoms with E-state index in [0.717, 1.165) is 25.0 Å². The van der Waals surface area contributed by atoms with Crippen molar-refractivity contribution in [3.05, 3.63) is 0 Å². The zero-order chi connectivity index (χ0) is 48.4. The van der Waals surface area contributed by atoms with Gasteiger partial charge in [-0.2, -0.15) is 24.9 Å². The quantitative estimate of drug-likeness (QED) is 0.0155. The number of amides is 8. The number of thioether (sulfide) groups is 1. The number of hydrogen-bond donors (Lipinski definition) is 14. The van der Waals surface area contributed by atoms with E-state index in [-0.39, 0.29) is 55.8 Å². The fourth-order valence-electron chi connectivity index (χ4n) is 5.84. The van der Waals surface area contributed by atoms with Gasteiger partial charge in [-0.25, -0.2) is 14.4 Å². The summed E-state index contributed by atoms with van der Waals surface area (Å²) in [6.07, 6.45) is -0.899. The fraction of sp³-hybridized carbons (Fsp3) is 0.686. The smallest absolute Gasteiger partial charge is 0.481 e. The summed E-state index contributed by atoms with van der Waals surface area (Å²) in [6, 6.07) is -4.53. The highest BCUT2D eigenvalue weighted by molar-refractivity contribution is 8.00. The van der Waals surface area contributed by atoms with Gasteiger partial charge in [0.05, 0.1) is 38.2 Å². The normalized spacial score (nSPS) is 17.5. The van der Waals surface area contributed by atoms with Gasteiger partial charge in [-0.05, 0) is 38.5 Å². The molecule has 0 aliphatic carbocycles. The number of rotatable bonds is 28. The van der Waals surface area contributed by atoms with Crippen molar-refractivity contribution in [2.75, 3.05) is 38.5 Å². The second-order valence-corrected chi connectivity index (χ2v) is 15.5. The SMILES string of the molecule is NC(N)=NCCC[C@H](NC(=O)CNC(=O)CCCCCNC(=O)CCCC[C@@H]1SC[C@@H]2NC(=O)N[C@@H]21)C(=O)NCC(=O)N[C@@H](CC(=O)O)C(=O)N[C@@H](CO)C(=O)O.O=C(O)C(F)(F)F. The molecule has 2 rings (SSSR count). The lowest BCUT2D eigenvalue weighted by atomic mass is 10.0. The lowest BCUT2D eigenvalue weighted by Crippen LogP contribution is -2.55. The van der Waals surface area contributed by atoms with Crippen molar-refractivity contribution in [2.45, 2.75) is 112 Å². The molecule has 2 fully saturated rings. The van der Waals surface area contributed by atoms with E-state index in [9.17, 15) is 56.3 Å². The molecule has 2 aliphatic heterocycles. The topological polar surface area (TPSA) is 412 Å². The van der Waals surface area contributed by atoms with Crippen LogP contribution in [0.5, 0.6) is 0 Å². The number of aliphatic hydroxyl groups is 1. The molecular weight excluding hydrogens is 888 g/mol. The Kier molecular flexibility index (Phi) is 25.6. The third-order valence-electron chi connectivity index (χ3n) is 9.02. The van der Waals surface area contributed by atoms with E-state index in [4.69, 9.17) is 36.7 Å². The van der Waals surface area contributed by atoms with Crippen LogP contribution in [0.1, 0.15) is 70.6 Å². The van der Waals surface area contributed by atoms with Crippen molar-refractivity contribution in [1.82, 2.24) is 42.5 Å². The number of guanidine groups is 1. The zero-order valence-corrected chi connectivity index (χ0v) is 35.3. The van der Waals surface area contributed by atoms with Crippen molar-refractivity contribution in [2.24, 2.45) is 16.5 Å². The maximum atomic E-state index is 12.9. The molecule has 0 aromatic carbocycles. The summed E-state index contributed by atoms with van der Waals surface area (Å²) in [5.41, 5.74) is 10.6. The van der Waals surface area contributed by atoms with Gasteiger partial charge >= 0.3 is 30.1 Å². The van der Waals surface area contributed by atoms with Crippen LogP contribution >= 0.6 is 11.8 Å². The first-order chi connectivity index (χ1) is 30.0. The molecule has 0 aromatic heterocycles. The number of hydrogen-bond acceptors (Lipinski definition) is 13. The minimum Gasteiger partial charge on any atom is -0.481 e. The first-order valence-corrected chi connectivity index (χ1v) is 20.9. The van der Waals surface area contributed by atoms with Crippen LogP contribution in [-0.2, 0) is 43.2 Å². The third-order valence-corrected chi connectivity index (χ3v) is 10.5. The zero-order valence-electron chi connectivity index (χ0n) is 34.5. The Balaban J connectivity index is 0.00000269. The molecule has 16 N–H and O–H groups in total. The van der Waals surface area contributed by atoms with Gasteiger partial charge in [0, 0.05) is 36.9 Å². The van der Waals surface area contributed by atoms with E-state index in [1.807, 2.05) is 17.1 Å². The molecule has 8 amide bonds. The van der Waals surface area contributed by atoms with E-state index >= 15 is 0 Å². The minimum atomic E-state index is -5.08. The maximum Gasteiger partial charge on any atom is 0.490 e. The van der Waals surface area contributed by atoms with Crippen LogP contribution in [0, 0.1) is 0 Å². The molecule has 0 unspecified atom stereocenters. The van der Waals surface area contributed by atoms with Gasteiger partial charge in [-0.1, -0.05) is 12.8 Å². The average Bonchev–Trinajstić information content (AvgIpc) is 3.77. The van der Waals surface area contributed by atoms with Gasteiger partial charge in [0.15, 0.2) is 5.96 Å². The lowest BCUT2D eigenvalue weighted by Gasteiger charge is -2.21. The number of carboxylic acid groups (broad SMARTS) is 3. The molecule has 2 heterocycles. The predicted molar refractivity (Wildman–Crippen MR) is 218 cm³/mol. The van der Waals surface area contributed by atoms with Crippen molar-refractivity contribution in [3.63, 3.8) is 0 Å². The molecule has 0 spiro atoms. The Morgan fingerprint density at radius 2 is 1.34 bits per heavy atom. The number of alkyl halides is 3. The number of carboxylic acids is 3. The summed E-state index contributed by atoms with van der Waals surface area (Å²) in [5, 5.41) is 54.6. The Bertz CT molecular complexity index is 1670. The van der Waals surface area contributed by atoms with Crippen molar-refractivity contribution >= 4 is 77.1 Å². The fourth-order valence-corrected chi connectivity index (χ4v) is 7.38. The molecule has 2 saturated heterocycles. The van der Waals surface area contributed by atoms with Crippen LogP contribution in [0.4, 0.5) is 18.0 Å². The highest BCUT2D eigenvalue weighted by Gasteiger charge is 2.42. The number of urea groups is 1. The average molecular weight is 944 g/mol. The van der Waals surface area contributed by atoms with E-state index in [1.54, 1.807) is 0 Å². The van der Waals surface area contributed by atoms with Crippen LogP contribution in [0.25, 0.3) is 0 Å². The number of unbranched alkanes of at least 4 members (excludes halogenated alkanes) is 3. The van der Waals surface area contributed by atoms with Gasteiger partial charge in [0.1, 0.15) is 18.1 Å². The van der Waals surface area contributed by atoms with Gasteiger partial charge < -0.3 is 74.4 Å². The number of nitrogens with one attached hydrogen (secondary N) is 8. The van der Waals surface area contributed by atoms with Gasteiger partial charge in [0.25, 0.3) is 0 Å². The molecule has 0 aromatic rings. The summed E-state index contributed by atoms with van der Waals surface area (Å²) in [5.74, 6) is -9.41. The van der Waals surface area contributed by atoms with Gasteiger partial charge in [-0.3, -0.25) is 38.6 Å². The number of nitrogens with two attached hydrogens (primary N) is 2. The standard InChI is InChI=1S/C33H55N11O12S.C2HF3O2/c34-32(35)37-12-6-7-18(29(52)39-15-26(49)41-19(13-27(50)51)30(53)42-20(16-45)31(54)55)40-25(48)14-38-24(47)9-2-1-5-11-36-23(46)10-4-3-8-22-28-21(17-57-22)43-33(56)44-28;3-2(4,5)1(6)7/h18-22,28,45H,1-17H2,(H,36,46)(H,38,47)(H,39,52)(H,40,48)(H,41,49)(H,42,53)(H,50,51)(H,54,55)(H4,34,35,37)(H2,43,44,56);(H,6,7)/t18-,19-,20-,21-,22-,28-;/m0./s1. The van der Waals surface area contributed by atoms with Crippen LogP contribution in [0.15, 0.2) is 4.99 Å². The number of carbonyl (C=O) groups excluding carboxylic acids is 7. The lowest BCUT2D eigenvalue weighted by molar-refractivity contribution is -0.192. The number of fused-ring (bicyclic) bond motifs is 1. The minimum absolute atomic E-state index is 0.00146. The highest BCUT2D eigenvalue weighted by atomic mass is 32.2. The summed E-state index contributed by atoms with van der Waals surface area (Å²) >= 11 is 1.84. The summed E-state index contributed by atoms with van der Waals surface area (Å²) < 4.78 is 31.7. The van der Waals surface area contributed by atoms with E-state index in [0.29, 0.717) is 37.5 Å². The Morgan fingerprint density at radius 3 is 1.92 bits per heavy atom. The van der Waals surface area contributed by atoms with E-state index in [1.165, 1.54) is 0 Å². The first kappa shape index (κ1) is 55.9. The van der Waals surface area contributed by atoms with Gasteiger partial charge in [-0.15, -0.1) is 0 Å². The molecular formula is C35H56F3N11O14S. The second kappa shape index (κ2) is 29.3. The highest BCUT2D eigenvalue weighted by Crippen LogP contribution is 2.33.